The van der Waals surface area contributed by atoms with Crippen LogP contribution in [-0.4, -0.2) is 18.5 Å². The van der Waals surface area contributed by atoms with Gasteiger partial charge < -0.3 is 9.47 Å². The highest BCUT2D eigenvalue weighted by molar-refractivity contribution is 6.30. The van der Waals surface area contributed by atoms with Gasteiger partial charge in [0.1, 0.15) is 5.75 Å². The highest BCUT2D eigenvalue weighted by atomic mass is 35.5. The molecule has 0 bridgehead atoms. The summed E-state index contributed by atoms with van der Waals surface area (Å²) in [5, 5.41) is 0.603. The summed E-state index contributed by atoms with van der Waals surface area (Å²) in [6.45, 7) is 0.389. The van der Waals surface area contributed by atoms with E-state index in [0.717, 1.165) is 11.3 Å². The standard InChI is InChI=1S/C18H14ClNO3/c19-14-6-4-5-13(11-14)12-16-18(21)23-17(20-16)9-10-22-15-7-2-1-3-8-15/h1-8,11-12H,9-10H2/b16-12+. The van der Waals surface area contributed by atoms with Crippen molar-refractivity contribution < 1.29 is 14.3 Å². The molecule has 3 rings (SSSR count). The molecule has 0 saturated heterocycles. The molecule has 23 heavy (non-hydrogen) atoms. The summed E-state index contributed by atoms with van der Waals surface area (Å²) >= 11 is 5.92. The molecule has 4 nitrogen and oxygen atoms in total. The van der Waals surface area contributed by atoms with Crippen molar-refractivity contribution in [3.05, 3.63) is 70.9 Å². The molecule has 0 aromatic heterocycles. The molecule has 0 saturated carbocycles. The summed E-state index contributed by atoms with van der Waals surface area (Å²) in [6.07, 6.45) is 2.08. The lowest BCUT2D eigenvalue weighted by Gasteiger charge is -2.04. The van der Waals surface area contributed by atoms with Crippen molar-refractivity contribution in [2.24, 2.45) is 4.99 Å². The van der Waals surface area contributed by atoms with Crippen LogP contribution in [-0.2, 0) is 9.53 Å². The van der Waals surface area contributed by atoms with Crippen LogP contribution in [0, 0.1) is 0 Å². The molecule has 0 atom stereocenters. The minimum absolute atomic E-state index is 0.266. The zero-order valence-corrected chi connectivity index (χ0v) is 13.0. The largest absolute Gasteiger partial charge is 0.493 e. The van der Waals surface area contributed by atoms with E-state index in [4.69, 9.17) is 21.1 Å². The van der Waals surface area contributed by atoms with Crippen molar-refractivity contribution in [2.45, 2.75) is 6.42 Å². The van der Waals surface area contributed by atoms with E-state index in [9.17, 15) is 4.79 Å². The van der Waals surface area contributed by atoms with Crippen molar-refractivity contribution in [3.63, 3.8) is 0 Å². The molecule has 5 heteroatoms. The number of hydrogen-bond acceptors (Lipinski definition) is 4. The van der Waals surface area contributed by atoms with Gasteiger partial charge in [-0.2, -0.15) is 0 Å². The maximum absolute atomic E-state index is 11.8. The van der Waals surface area contributed by atoms with E-state index in [1.165, 1.54) is 0 Å². The highest BCUT2D eigenvalue weighted by Gasteiger charge is 2.22. The Morgan fingerprint density at radius 2 is 1.96 bits per heavy atom. The van der Waals surface area contributed by atoms with Gasteiger partial charge in [-0.1, -0.05) is 41.9 Å². The third-order valence-electron chi connectivity index (χ3n) is 3.14. The number of aliphatic imine (C=N–C) groups is 1. The summed E-state index contributed by atoms with van der Waals surface area (Å²) in [7, 11) is 0. The summed E-state index contributed by atoms with van der Waals surface area (Å²) in [4.78, 5) is 16.0. The van der Waals surface area contributed by atoms with E-state index in [0.29, 0.717) is 23.9 Å². The van der Waals surface area contributed by atoms with Gasteiger partial charge in [0.2, 0.25) is 5.90 Å². The quantitative estimate of drug-likeness (QED) is 0.613. The van der Waals surface area contributed by atoms with Crippen LogP contribution in [0.2, 0.25) is 5.02 Å². The number of esters is 1. The fraction of sp³-hybridized carbons (Fsp3) is 0.111. The molecule has 2 aromatic rings. The van der Waals surface area contributed by atoms with E-state index < -0.39 is 5.97 Å². The smallest absolute Gasteiger partial charge is 0.363 e. The third kappa shape index (κ3) is 4.20. The molecule has 0 aliphatic carbocycles. The summed E-state index contributed by atoms with van der Waals surface area (Å²) in [5.41, 5.74) is 1.07. The lowest BCUT2D eigenvalue weighted by Crippen LogP contribution is -2.08. The predicted molar refractivity (Wildman–Crippen MR) is 89.5 cm³/mol. The van der Waals surface area contributed by atoms with Crippen LogP contribution in [0.4, 0.5) is 0 Å². The Morgan fingerprint density at radius 1 is 1.13 bits per heavy atom. The molecular formula is C18H14ClNO3. The van der Waals surface area contributed by atoms with E-state index in [2.05, 4.69) is 4.99 Å². The third-order valence-corrected chi connectivity index (χ3v) is 3.38. The number of carbonyl (C=O) groups excluding carboxylic acids is 1. The fourth-order valence-corrected chi connectivity index (χ4v) is 2.29. The van der Waals surface area contributed by atoms with Gasteiger partial charge >= 0.3 is 5.97 Å². The van der Waals surface area contributed by atoms with E-state index in [1.54, 1.807) is 18.2 Å². The minimum atomic E-state index is -0.459. The first-order valence-corrected chi connectivity index (χ1v) is 7.53. The Labute approximate surface area is 139 Å². The predicted octanol–water partition coefficient (Wildman–Crippen LogP) is 4.11. The van der Waals surface area contributed by atoms with Crippen molar-refractivity contribution in [3.8, 4) is 5.75 Å². The molecule has 1 aliphatic rings. The maximum Gasteiger partial charge on any atom is 0.363 e. The first-order chi connectivity index (χ1) is 11.2. The van der Waals surface area contributed by atoms with E-state index in [1.807, 2.05) is 42.5 Å². The topological polar surface area (TPSA) is 47.9 Å². The molecule has 0 amide bonds. The number of halogens is 1. The van der Waals surface area contributed by atoms with Gasteiger partial charge in [0, 0.05) is 5.02 Å². The number of rotatable bonds is 5. The monoisotopic (exact) mass is 327 g/mol. The Kier molecular flexibility index (Phi) is 4.74. The van der Waals surface area contributed by atoms with Gasteiger partial charge in [-0.15, -0.1) is 0 Å². The van der Waals surface area contributed by atoms with Crippen molar-refractivity contribution in [1.29, 1.82) is 0 Å². The Bertz CT molecular complexity index is 769. The zero-order chi connectivity index (χ0) is 16.1. The SMILES string of the molecule is O=C1OC(CCOc2ccccc2)=N/C1=C/c1cccc(Cl)c1. The molecule has 0 fully saturated rings. The number of nitrogens with zero attached hydrogens (tertiary/aromatic N) is 1. The van der Waals surface area contributed by atoms with Crippen LogP contribution in [0.5, 0.6) is 5.75 Å². The number of benzene rings is 2. The second kappa shape index (κ2) is 7.11. The molecule has 116 valence electrons. The van der Waals surface area contributed by atoms with Crippen LogP contribution in [0.1, 0.15) is 12.0 Å². The second-order valence-corrected chi connectivity index (χ2v) is 5.33. The van der Waals surface area contributed by atoms with Crippen LogP contribution in [0.3, 0.4) is 0 Å². The van der Waals surface area contributed by atoms with Gasteiger partial charge in [0.05, 0.1) is 13.0 Å². The molecule has 0 spiro atoms. The number of carbonyl (C=O) groups is 1. The van der Waals surface area contributed by atoms with Crippen molar-refractivity contribution >= 4 is 29.5 Å². The molecule has 1 aliphatic heterocycles. The van der Waals surface area contributed by atoms with Crippen molar-refractivity contribution in [2.75, 3.05) is 6.61 Å². The normalized spacial score (nSPS) is 15.4. The van der Waals surface area contributed by atoms with E-state index >= 15 is 0 Å². The zero-order valence-electron chi connectivity index (χ0n) is 12.2. The molecule has 2 aromatic carbocycles. The van der Waals surface area contributed by atoms with Gasteiger partial charge in [0.25, 0.3) is 0 Å². The molecular weight excluding hydrogens is 314 g/mol. The average molecular weight is 328 g/mol. The maximum atomic E-state index is 11.8. The van der Waals surface area contributed by atoms with E-state index in [-0.39, 0.29) is 5.70 Å². The van der Waals surface area contributed by atoms with Gasteiger partial charge in [-0.25, -0.2) is 9.79 Å². The Morgan fingerprint density at radius 3 is 2.74 bits per heavy atom. The first kappa shape index (κ1) is 15.3. The lowest BCUT2D eigenvalue weighted by atomic mass is 10.2. The van der Waals surface area contributed by atoms with Crippen LogP contribution >= 0.6 is 11.6 Å². The summed E-state index contributed by atoms with van der Waals surface area (Å²) in [5.74, 6) is 0.672. The molecule has 1 heterocycles. The molecule has 0 unspecified atom stereocenters. The van der Waals surface area contributed by atoms with Gasteiger partial charge in [-0.3, -0.25) is 0 Å². The first-order valence-electron chi connectivity index (χ1n) is 7.15. The number of hydrogen-bond donors (Lipinski definition) is 0. The van der Waals surface area contributed by atoms with Crippen LogP contribution in [0.25, 0.3) is 6.08 Å². The van der Waals surface area contributed by atoms with Crippen molar-refractivity contribution in [1.82, 2.24) is 0 Å². The summed E-state index contributed by atoms with van der Waals surface area (Å²) in [6, 6.07) is 16.6. The number of ether oxygens (including phenoxy) is 2. The second-order valence-electron chi connectivity index (χ2n) is 4.89. The number of para-hydroxylation sites is 1. The average Bonchev–Trinajstić information content (AvgIpc) is 2.88. The Balaban J connectivity index is 1.62. The van der Waals surface area contributed by atoms with Crippen LogP contribution < -0.4 is 4.74 Å². The lowest BCUT2D eigenvalue weighted by molar-refractivity contribution is -0.130. The highest BCUT2D eigenvalue weighted by Crippen LogP contribution is 2.19. The minimum Gasteiger partial charge on any atom is -0.493 e. The molecule has 0 N–H and O–H groups in total. The van der Waals surface area contributed by atoms with Crippen LogP contribution in [0.15, 0.2) is 65.3 Å². The Hall–Kier alpha value is -2.59. The fourth-order valence-electron chi connectivity index (χ4n) is 2.09. The summed E-state index contributed by atoms with van der Waals surface area (Å²) < 4.78 is 10.7. The van der Waals surface area contributed by atoms with Gasteiger partial charge in [-0.05, 0) is 35.9 Å². The molecule has 0 radical (unpaired) electrons. The number of cyclic esters (lactones) is 1. The van der Waals surface area contributed by atoms with Gasteiger partial charge in [0.15, 0.2) is 5.70 Å².